The lowest BCUT2D eigenvalue weighted by atomic mass is 10.1. The van der Waals surface area contributed by atoms with Crippen LogP contribution in [0.5, 0.6) is 0 Å². The van der Waals surface area contributed by atoms with Crippen LogP contribution in [-0.2, 0) is 0 Å². The summed E-state index contributed by atoms with van der Waals surface area (Å²) in [4.78, 5) is 15.8. The molecule has 0 saturated carbocycles. The Morgan fingerprint density at radius 2 is 2.28 bits per heavy atom. The summed E-state index contributed by atoms with van der Waals surface area (Å²) in [5.74, 6) is 2.55. The number of carbonyl (C=O) groups is 1. The highest BCUT2D eigenvalue weighted by molar-refractivity contribution is 9.10. The Bertz CT molecular complexity index is 643. The van der Waals surface area contributed by atoms with Crippen LogP contribution in [0.15, 0.2) is 27.2 Å². The van der Waals surface area contributed by atoms with E-state index >= 15 is 0 Å². The Kier molecular flexibility index (Phi) is 3.44. The van der Waals surface area contributed by atoms with E-state index in [9.17, 15) is 4.79 Å². The number of benzene rings is 1. The van der Waals surface area contributed by atoms with Gasteiger partial charge in [0.25, 0.3) is 5.91 Å². The van der Waals surface area contributed by atoms with Crippen LogP contribution in [-0.4, -0.2) is 16.0 Å². The smallest absolute Gasteiger partial charge is 0.315 e. The molecule has 0 atom stereocenters. The molecular formula is C12H8BrN3O2. The van der Waals surface area contributed by atoms with E-state index in [0.29, 0.717) is 17.0 Å². The monoisotopic (exact) mass is 305 g/mol. The maximum atomic E-state index is 11.9. The standard InChI is InChI=1S/C12H8BrN3O2/c1-3-8-4-9(6-10(13)5-8)11(17)15-12-14-7(2)16-18-12/h1,4-6H,2H3,(H,14,15,16,17). The number of anilines is 1. The molecule has 0 aliphatic heterocycles. The highest BCUT2D eigenvalue weighted by Crippen LogP contribution is 2.16. The van der Waals surface area contributed by atoms with Crippen molar-refractivity contribution in [1.82, 2.24) is 10.1 Å². The number of hydrogen-bond acceptors (Lipinski definition) is 4. The number of hydrogen-bond donors (Lipinski definition) is 1. The number of aryl methyl sites for hydroxylation is 1. The van der Waals surface area contributed by atoms with Crippen molar-refractivity contribution in [2.24, 2.45) is 0 Å². The highest BCUT2D eigenvalue weighted by Gasteiger charge is 2.11. The minimum atomic E-state index is -0.364. The van der Waals surface area contributed by atoms with Crippen molar-refractivity contribution in [3.8, 4) is 12.3 Å². The molecule has 5 nitrogen and oxygen atoms in total. The molecule has 0 aliphatic rings. The molecule has 0 bridgehead atoms. The number of amides is 1. The quantitative estimate of drug-likeness (QED) is 0.865. The van der Waals surface area contributed by atoms with Crippen molar-refractivity contribution in [3.63, 3.8) is 0 Å². The average molecular weight is 306 g/mol. The van der Waals surface area contributed by atoms with Crippen LogP contribution < -0.4 is 5.32 Å². The van der Waals surface area contributed by atoms with E-state index in [2.05, 4.69) is 37.3 Å². The Morgan fingerprint density at radius 3 is 2.89 bits per heavy atom. The number of rotatable bonds is 2. The van der Waals surface area contributed by atoms with E-state index in [4.69, 9.17) is 10.9 Å². The van der Waals surface area contributed by atoms with Crippen LogP contribution in [0, 0.1) is 19.3 Å². The van der Waals surface area contributed by atoms with Gasteiger partial charge < -0.3 is 4.52 Å². The summed E-state index contributed by atoms with van der Waals surface area (Å²) in [5.41, 5.74) is 1.02. The van der Waals surface area contributed by atoms with Crippen LogP contribution in [0.2, 0.25) is 0 Å². The zero-order valence-corrected chi connectivity index (χ0v) is 11.0. The van der Waals surface area contributed by atoms with Gasteiger partial charge in [-0.2, -0.15) is 4.98 Å². The summed E-state index contributed by atoms with van der Waals surface area (Å²) in [5, 5.41) is 6.06. The summed E-state index contributed by atoms with van der Waals surface area (Å²) < 4.78 is 5.52. The second-order valence-corrected chi connectivity index (χ2v) is 4.39. The Balaban J connectivity index is 2.24. The fraction of sp³-hybridized carbons (Fsp3) is 0.0833. The van der Waals surface area contributed by atoms with Crippen LogP contribution in [0.4, 0.5) is 6.01 Å². The van der Waals surface area contributed by atoms with Gasteiger partial charge in [-0.05, 0) is 25.1 Å². The highest BCUT2D eigenvalue weighted by atomic mass is 79.9. The lowest BCUT2D eigenvalue weighted by Crippen LogP contribution is -2.12. The molecule has 1 heterocycles. The predicted octanol–water partition coefficient (Wildman–Crippen LogP) is 2.37. The SMILES string of the molecule is C#Cc1cc(Br)cc(C(=O)Nc2nc(C)no2)c1. The van der Waals surface area contributed by atoms with Crippen molar-refractivity contribution in [2.45, 2.75) is 6.92 Å². The normalized spacial score (nSPS) is 9.83. The van der Waals surface area contributed by atoms with Crippen molar-refractivity contribution in [3.05, 3.63) is 39.6 Å². The molecule has 90 valence electrons. The third kappa shape index (κ3) is 2.76. The Morgan fingerprint density at radius 1 is 1.50 bits per heavy atom. The van der Waals surface area contributed by atoms with Crippen LogP contribution in [0.1, 0.15) is 21.7 Å². The fourth-order valence-corrected chi connectivity index (χ4v) is 1.81. The number of nitrogens with one attached hydrogen (secondary N) is 1. The predicted molar refractivity (Wildman–Crippen MR) is 69.1 cm³/mol. The molecular weight excluding hydrogens is 298 g/mol. The topological polar surface area (TPSA) is 68.0 Å². The zero-order valence-electron chi connectivity index (χ0n) is 9.40. The molecule has 0 spiro atoms. The number of aromatic nitrogens is 2. The molecule has 0 saturated heterocycles. The van der Waals surface area contributed by atoms with Crippen LogP contribution in [0.25, 0.3) is 0 Å². The van der Waals surface area contributed by atoms with E-state index < -0.39 is 0 Å². The van der Waals surface area contributed by atoms with Gasteiger partial charge in [0.05, 0.1) is 0 Å². The summed E-state index contributed by atoms with van der Waals surface area (Å²) in [6.07, 6.45) is 5.30. The molecule has 1 N–H and O–H groups in total. The number of terminal acetylenes is 1. The zero-order chi connectivity index (χ0) is 13.1. The molecule has 2 rings (SSSR count). The summed E-state index contributed by atoms with van der Waals surface area (Å²) in [6, 6.07) is 5.05. The minimum absolute atomic E-state index is 0.0553. The second-order valence-electron chi connectivity index (χ2n) is 3.47. The Labute approximate surface area is 112 Å². The van der Waals surface area contributed by atoms with Gasteiger partial charge in [0.1, 0.15) is 0 Å². The van der Waals surface area contributed by atoms with E-state index in [1.165, 1.54) is 0 Å². The summed E-state index contributed by atoms with van der Waals surface area (Å²) in [7, 11) is 0. The van der Waals surface area contributed by atoms with Crippen LogP contribution >= 0.6 is 15.9 Å². The van der Waals surface area contributed by atoms with Gasteiger partial charge in [-0.3, -0.25) is 10.1 Å². The number of nitrogens with zero attached hydrogens (tertiary/aromatic N) is 2. The minimum Gasteiger partial charge on any atom is -0.315 e. The van der Waals surface area contributed by atoms with E-state index in [1.54, 1.807) is 25.1 Å². The van der Waals surface area contributed by atoms with E-state index in [0.717, 1.165) is 4.47 Å². The first-order valence-corrected chi connectivity index (χ1v) is 5.76. The summed E-state index contributed by atoms with van der Waals surface area (Å²) >= 11 is 3.28. The third-order valence-electron chi connectivity index (χ3n) is 2.07. The van der Waals surface area contributed by atoms with Crippen LogP contribution in [0.3, 0.4) is 0 Å². The molecule has 0 aliphatic carbocycles. The van der Waals surface area contributed by atoms with Gasteiger partial charge in [-0.15, -0.1) is 6.42 Å². The maximum Gasteiger partial charge on any atom is 0.328 e. The molecule has 18 heavy (non-hydrogen) atoms. The van der Waals surface area contributed by atoms with Gasteiger partial charge in [0, 0.05) is 15.6 Å². The van der Waals surface area contributed by atoms with Crippen molar-refractivity contribution >= 4 is 27.9 Å². The lowest BCUT2D eigenvalue weighted by Gasteiger charge is -2.02. The first-order chi connectivity index (χ1) is 8.58. The molecule has 1 amide bonds. The third-order valence-corrected chi connectivity index (χ3v) is 2.53. The fourth-order valence-electron chi connectivity index (χ4n) is 1.32. The summed E-state index contributed by atoms with van der Waals surface area (Å²) in [6.45, 7) is 1.66. The maximum absolute atomic E-state index is 11.9. The lowest BCUT2D eigenvalue weighted by molar-refractivity contribution is 0.102. The van der Waals surface area contributed by atoms with Crippen molar-refractivity contribution < 1.29 is 9.32 Å². The van der Waals surface area contributed by atoms with E-state index in [1.807, 2.05) is 0 Å². The van der Waals surface area contributed by atoms with Gasteiger partial charge in [-0.25, -0.2) is 0 Å². The van der Waals surface area contributed by atoms with Crippen molar-refractivity contribution in [2.75, 3.05) is 5.32 Å². The molecule has 6 heteroatoms. The number of carbonyl (C=O) groups excluding carboxylic acids is 1. The van der Waals surface area contributed by atoms with Gasteiger partial charge in [0.15, 0.2) is 5.82 Å². The number of halogens is 1. The van der Waals surface area contributed by atoms with Gasteiger partial charge >= 0.3 is 6.01 Å². The Hall–Kier alpha value is -2.13. The van der Waals surface area contributed by atoms with Gasteiger partial charge in [-0.1, -0.05) is 27.0 Å². The molecule has 1 aromatic heterocycles. The first-order valence-electron chi connectivity index (χ1n) is 4.97. The first kappa shape index (κ1) is 12.3. The second kappa shape index (κ2) is 5.02. The van der Waals surface area contributed by atoms with Gasteiger partial charge in [0.2, 0.25) is 0 Å². The molecule has 0 radical (unpaired) electrons. The largest absolute Gasteiger partial charge is 0.328 e. The van der Waals surface area contributed by atoms with E-state index in [-0.39, 0.29) is 11.9 Å². The molecule has 2 aromatic rings. The molecule has 0 unspecified atom stereocenters. The molecule has 0 fully saturated rings. The average Bonchev–Trinajstić information content (AvgIpc) is 2.73. The molecule has 1 aromatic carbocycles. The van der Waals surface area contributed by atoms with Crippen molar-refractivity contribution in [1.29, 1.82) is 0 Å².